The van der Waals surface area contributed by atoms with Gasteiger partial charge < -0.3 is 4.90 Å². The molecular weight excluding hydrogens is 226 g/mol. The fraction of sp³-hybridized carbons (Fsp3) is 0.857. The highest BCUT2D eigenvalue weighted by Crippen LogP contribution is 2.50. The van der Waals surface area contributed by atoms with Gasteiger partial charge in [0.15, 0.2) is 0 Å². The van der Waals surface area contributed by atoms with Crippen LogP contribution in [0.3, 0.4) is 0 Å². The maximum absolute atomic E-state index is 12.8. The van der Waals surface area contributed by atoms with Crippen LogP contribution in [0.25, 0.3) is 0 Å². The number of aliphatic imine (C=N–C) groups is 1. The van der Waals surface area contributed by atoms with E-state index in [2.05, 4.69) is 25.8 Å². The summed E-state index contributed by atoms with van der Waals surface area (Å²) >= 11 is 0. The first kappa shape index (κ1) is 12.2. The topological polar surface area (TPSA) is 35.9 Å². The Bertz CT molecular complexity index is 406. The van der Waals surface area contributed by atoms with Crippen molar-refractivity contribution in [3.05, 3.63) is 0 Å². The fourth-order valence-corrected chi connectivity index (χ4v) is 4.20. The molecule has 0 aromatic carbocycles. The van der Waals surface area contributed by atoms with Crippen molar-refractivity contribution in [1.29, 1.82) is 0 Å². The number of carbonyl (C=O) groups is 1. The Morgan fingerprint density at radius 1 is 1.39 bits per heavy atom. The van der Waals surface area contributed by atoms with Crippen molar-refractivity contribution in [2.45, 2.75) is 38.6 Å². The second-order valence-electron chi connectivity index (χ2n) is 5.98. The fourth-order valence-electron chi connectivity index (χ4n) is 4.20. The molecule has 2 fully saturated rings. The number of fused-ring (bicyclic) bond motifs is 2. The molecule has 3 aliphatic rings. The third-order valence-electron chi connectivity index (χ3n) is 5.02. The largest absolute Gasteiger partial charge is 0.306 e. The summed E-state index contributed by atoms with van der Waals surface area (Å²) in [7, 11) is 2.16. The summed E-state index contributed by atoms with van der Waals surface area (Å²) in [4.78, 5) is 22.0. The molecule has 2 aliphatic heterocycles. The average Bonchev–Trinajstić information content (AvgIpc) is 2.95. The first-order valence-electron chi connectivity index (χ1n) is 7.21. The Labute approximate surface area is 109 Å². The molecule has 0 bridgehead atoms. The number of amides is 1. The minimum Gasteiger partial charge on any atom is -0.306 e. The summed E-state index contributed by atoms with van der Waals surface area (Å²) in [6.07, 6.45) is 3.00. The standard InChI is InChI=1S/C14H23N3O/c1-4-12-15-14(13(18)17(12)5-2)7-6-10-8-16(3)9-11(10)14/h10-11H,4-9H2,1-3H3/t10-,11+,14-/m1/s1. The molecule has 1 saturated carbocycles. The van der Waals surface area contributed by atoms with E-state index in [0.717, 1.165) is 38.3 Å². The van der Waals surface area contributed by atoms with E-state index in [0.29, 0.717) is 11.8 Å². The van der Waals surface area contributed by atoms with Crippen molar-refractivity contribution in [3.8, 4) is 0 Å². The number of nitrogens with zero attached hydrogens (tertiary/aromatic N) is 3. The predicted molar refractivity (Wildman–Crippen MR) is 71.6 cm³/mol. The molecule has 0 aromatic rings. The quantitative estimate of drug-likeness (QED) is 0.741. The van der Waals surface area contributed by atoms with Gasteiger partial charge in [-0.1, -0.05) is 6.92 Å². The van der Waals surface area contributed by atoms with Crippen LogP contribution in [0.5, 0.6) is 0 Å². The molecule has 0 N–H and O–H groups in total. The minimum atomic E-state index is -0.392. The second-order valence-corrected chi connectivity index (χ2v) is 5.98. The van der Waals surface area contributed by atoms with Gasteiger partial charge in [-0.05, 0) is 32.7 Å². The number of likely N-dealkylation sites (tertiary alicyclic amines) is 1. The summed E-state index contributed by atoms with van der Waals surface area (Å²) in [5, 5.41) is 0. The zero-order valence-electron chi connectivity index (χ0n) is 11.6. The Morgan fingerprint density at radius 2 is 2.17 bits per heavy atom. The van der Waals surface area contributed by atoms with E-state index in [-0.39, 0.29) is 5.91 Å². The molecule has 1 spiro atoms. The molecule has 2 heterocycles. The maximum Gasteiger partial charge on any atom is 0.256 e. The molecular formula is C14H23N3O. The second kappa shape index (κ2) is 4.05. The Kier molecular flexibility index (Phi) is 2.73. The molecule has 1 amide bonds. The molecule has 4 nitrogen and oxygen atoms in total. The van der Waals surface area contributed by atoms with Crippen LogP contribution in [-0.4, -0.2) is 53.8 Å². The van der Waals surface area contributed by atoms with Crippen LogP contribution in [0, 0.1) is 11.8 Å². The van der Waals surface area contributed by atoms with Gasteiger partial charge in [0.1, 0.15) is 11.4 Å². The maximum atomic E-state index is 12.8. The lowest BCUT2D eigenvalue weighted by molar-refractivity contribution is -0.132. The molecule has 18 heavy (non-hydrogen) atoms. The number of amidine groups is 1. The minimum absolute atomic E-state index is 0.282. The number of rotatable bonds is 2. The molecule has 1 aliphatic carbocycles. The summed E-state index contributed by atoms with van der Waals surface area (Å²) in [5.41, 5.74) is -0.392. The Hall–Kier alpha value is -0.900. The van der Waals surface area contributed by atoms with Crippen LogP contribution in [0.1, 0.15) is 33.1 Å². The smallest absolute Gasteiger partial charge is 0.256 e. The highest BCUT2D eigenvalue weighted by molar-refractivity contribution is 6.08. The number of hydrogen-bond acceptors (Lipinski definition) is 3. The molecule has 4 heteroatoms. The summed E-state index contributed by atoms with van der Waals surface area (Å²) in [6.45, 7) is 7.09. The molecule has 3 rings (SSSR count). The van der Waals surface area contributed by atoms with Crippen LogP contribution >= 0.6 is 0 Å². The van der Waals surface area contributed by atoms with Gasteiger partial charge in [0, 0.05) is 32.0 Å². The van der Waals surface area contributed by atoms with Gasteiger partial charge in [-0.15, -0.1) is 0 Å². The molecule has 3 atom stereocenters. The average molecular weight is 249 g/mol. The van der Waals surface area contributed by atoms with Crippen molar-refractivity contribution in [2.24, 2.45) is 16.8 Å². The normalized spacial score (nSPS) is 39.8. The van der Waals surface area contributed by atoms with E-state index in [1.54, 1.807) is 0 Å². The molecule has 100 valence electrons. The van der Waals surface area contributed by atoms with Gasteiger partial charge in [0.2, 0.25) is 0 Å². The molecule has 0 radical (unpaired) electrons. The highest BCUT2D eigenvalue weighted by Gasteiger charge is 2.60. The third kappa shape index (κ3) is 1.41. The SMILES string of the molecule is CCC1=N[C@@]2(CC[C@@H]3CN(C)C[C@@H]32)C(=O)N1CC. The molecule has 1 saturated heterocycles. The van der Waals surface area contributed by atoms with Crippen molar-refractivity contribution >= 4 is 11.7 Å². The van der Waals surface area contributed by atoms with Crippen LogP contribution < -0.4 is 0 Å². The predicted octanol–water partition coefficient (Wildman–Crippen LogP) is 1.37. The first-order chi connectivity index (χ1) is 8.62. The van der Waals surface area contributed by atoms with Gasteiger partial charge in [-0.25, -0.2) is 0 Å². The third-order valence-corrected chi connectivity index (χ3v) is 5.02. The van der Waals surface area contributed by atoms with Gasteiger partial charge in [0.25, 0.3) is 5.91 Å². The van der Waals surface area contributed by atoms with Crippen molar-refractivity contribution in [1.82, 2.24) is 9.80 Å². The summed E-state index contributed by atoms with van der Waals surface area (Å²) in [6, 6.07) is 0. The Morgan fingerprint density at radius 3 is 2.78 bits per heavy atom. The van der Waals surface area contributed by atoms with E-state index in [9.17, 15) is 4.79 Å². The lowest BCUT2D eigenvalue weighted by Gasteiger charge is -2.27. The van der Waals surface area contributed by atoms with Crippen LogP contribution in [0.4, 0.5) is 0 Å². The number of hydrogen-bond donors (Lipinski definition) is 0. The molecule has 0 unspecified atom stereocenters. The van der Waals surface area contributed by atoms with Crippen molar-refractivity contribution in [2.75, 3.05) is 26.7 Å². The lowest BCUT2D eigenvalue weighted by Crippen LogP contribution is -2.46. The van der Waals surface area contributed by atoms with E-state index in [4.69, 9.17) is 4.99 Å². The van der Waals surface area contributed by atoms with E-state index in [1.165, 1.54) is 6.42 Å². The van der Waals surface area contributed by atoms with Crippen LogP contribution in [0.15, 0.2) is 4.99 Å². The first-order valence-corrected chi connectivity index (χ1v) is 7.21. The van der Waals surface area contributed by atoms with Crippen molar-refractivity contribution in [3.63, 3.8) is 0 Å². The van der Waals surface area contributed by atoms with Gasteiger partial charge in [-0.2, -0.15) is 0 Å². The van der Waals surface area contributed by atoms with E-state index < -0.39 is 5.54 Å². The Balaban J connectivity index is 1.96. The lowest BCUT2D eigenvalue weighted by atomic mass is 9.85. The number of likely N-dealkylation sites (N-methyl/N-ethyl adjacent to an activating group) is 1. The molecule has 0 aromatic heterocycles. The van der Waals surface area contributed by atoms with Gasteiger partial charge in [0.05, 0.1) is 0 Å². The van der Waals surface area contributed by atoms with Gasteiger partial charge >= 0.3 is 0 Å². The van der Waals surface area contributed by atoms with E-state index >= 15 is 0 Å². The van der Waals surface area contributed by atoms with Crippen LogP contribution in [-0.2, 0) is 4.79 Å². The summed E-state index contributed by atoms with van der Waals surface area (Å²) in [5.74, 6) is 2.42. The monoisotopic (exact) mass is 249 g/mol. The van der Waals surface area contributed by atoms with Gasteiger partial charge in [-0.3, -0.25) is 14.7 Å². The summed E-state index contributed by atoms with van der Waals surface area (Å²) < 4.78 is 0. The van der Waals surface area contributed by atoms with Crippen molar-refractivity contribution < 1.29 is 4.79 Å². The zero-order valence-corrected chi connectivity index (χ0v) is 11.6. The van der Waals surface area contributed by atoms with Crippen LogP contribution in [0.2, 0.25) is 0 Å². The highest BCUT2D eigenvalue weighted by atomic mass is 16.2. The van der Waals surface area contributed by atoms with E-state index in [1.807, 2.05) is 4.90 Å². The number of carbonyl (C=O) groups excluding carboxylic acids is 1. The zero-order chi connectivity index (χ0) is 12.9.